The molecule has 6 rings (SSSR count). The van der Waals surface area contributed by atoms with Crippen LogP contribution in [0.1, 0.15) is 22.3 Å². The molecule has 3 aliphatic rings. The van der Waals surface area contributed by atoms with Crippen LogP contribution in [0.2, 0.25) is 0 Å². The summed E-state index contributed by atoms with van der Waals surface area (Å²) in [7, 11) is 0. The molecule has 0 aromatic heterocycles. The second kappa shape index (κ2) is 9.18. The van der Waals surface area contributed by atoms with E-state index in [4.69, 9.17) is 18.9 Å². The summed E-state index contributed by atoms with van der Waals surface area (Å²) in [4.78, 5) is 2.35. The van der Waals surface area contributed by atoms with Crippen LogP contribution in [-0.4, -0.2) is 42.4 Å². The van der Waals surface area contributed by atoms with Crippen molar-refractivity contribution in [2.75, 3.05) is 20.1 Å². The minimum atomic E-state index is -0.656. The molecule has 0 spiro atoms. The molecule has 7 nitrogen and oxygen atoms in total. The first-order valence-corrected chi connectivity index (χ1v) is 11.7. The largest absolute Gasteiger partial charge is 0.454 e. The molecule has 2 N–H and O–H groups in total. The summed E-state index contributed by atoms with van der Waals surface area (Å²) < 4.78 is 21.9. The van der Waals surface area contributed by atoms with Crippen LogP contribution in [0.15, 0.2) is 60.7 Å². The summed E-state index contributed by atoms with van der Waals surface area (Å²) in [5, 5.41) is 14.5. The van der Waals surface area contributed by atoms with E-state index in [9.17, 15) is 5.11 Å². The number of benzene rings is 3. The van der Waals surface area contributed by atoms with Crippen LogP contribution >= 0.6 is 0 Å². The smallest absolute Gasteiger partial charge is 0.231 e. The number of hydrogen-bond donors (Lipinski definition) is 2. The first kappa shape index (κ1) is 21.3. The first-order valence-electron chi connectivity index (χ1n) is 11.7. The lowest BCUT2D eigenvalue weighted by Crippen LogP contribution is -2.53. The zero-order valence-corrected chi connectivity index (χ0v) is 18.9. The molecule has 7 heteroatoms. The summed E-state index contributed by atoms with van der Waals surface area (Å²) in [6.45, 7) is 2.71. The van der Waals surface area contributed by atoms with Crippen LogP contribution in [0.3, 0.4) is 0 Å². The fourth-order valence-electron chi connectivity index (χ4n) is 4.96. The van der Waals surface area contributed by atoms with Gasteiger partial charge >= 0.3 is 0 Å². The van der Waals surface area contributed by atoms with E-state index in [1.54, 1.807) is 0 Å². The number of ether oxygens (including phenoxy) is 4. The van der Waals surface area contributed by atoms with Gasteiger partial charge in [0.2, 0.25) is 13.6 Å². The van der Waals surface area contributed by atoms with Crippen LogP contribution in [0, 0.1) is 0 Å². The van der Waals surface area contributed by atoms with E-state index in [-0.39, 0.29) is 19.6 Å². The summed E-state index contributed by atoms with van der Waals surface area (Å²) in [5.74, 6) is 3.15. The van der Waals surface area contributed by atoms with Crippen LogP contribution in [0.5, 0.6) is 23.0 Å². The van der Waals surface area contributed by atoms with Gasteiger partial charge in [0, 0.05) is 19.6 Å². The second-order valence-electron chi connectivity index (χ2n) is 8.97. The first-order chi connectivity index (χ1) is 16.7. The third-order valence-electron chi connectivity index (χ3n) is 6.78. The quantitative estimate of drug-likeness (QED) is 0.525. The molecule has 0 radical (unpaired) electrons. The van der Waals surface area contributed by atoms with E-state index in [0.29, 0.717) is 6.54 Å². The topological polar surface area (TPSA) is 72.4 Å². The van der Waals surface area contributed by atoms with E-state index in [1.807, 2.05) is 30.3 Å². The van der Waals surface area contributed by atoms with Crippen molar-refractivity contribution >= 4 is 0 Å². The van der Waals surface area contributed by atoms with Crippen molar-refractivity contribution < 1.29 is 24.1 Å². The minimum Gasteiger partial charge on any atom is -0.454 e. The second-order valence-corrected chi connectivity index (χ2v) is 8.97. The van der Waals surface area contributed by atoms with Crippen molar-refractivity contribution in [1.82, 2.24) is 10.2 Å². The van der Waals surface area contributed by atoms with E-state index in [1.165, 1.54) is 11.1 Å². The zero-order chi connectivity index (χ0) is 22.9. The minimum absolute atomic E-state index is 0.0444. The molecule has 0 fully saturated rings. The van der Waals surface area contributed by atoms with Crippen LogP contribution in [0.25, 0.3) is 0 Å². The van der Waals surface area contributed by atoms with Gasteiger partial charge in [-0.15, -0.1) is 0 Å². The number of fused-ring (bicyclic) bond motifs is 3. The Kier molecular flexibility index (Phi) is 5.74. The predicted octanol–water partition coefficient (Wildman–Crippen LogP) is 3.22. The van der Waals surface area contributed by atoms with Gasteiger partial charge in [-0.3, -0.25) is 10.2 Å². The molecule has 3 heterocycles. The number of aliphatic hydroxyl groups is 1. The van der Waals surface area contributed by atoms with Gasteiger partial charge < -0.3 is 24.1 Å². The van der Waals surface area contributed by atoms with Crippen molar-refractivity contribution in [2.45, 2.75) is 38.2 Å². The van der Waals surface area contributed by atoms with Crippen LogP contribution in [-0.2, 0) is 25.9 Å². The third kappa shape index (κ3) is 4.30. The summed E-state index contributed by atoms with van der Waals surface area (Å²) in [6, 6.07) is 20.5. The molecule has 0 aliphatic carbocycles. The molecule has 0 saturated heterocycles. The van der Waals surface area contributed by atoms with Crippen molar-refractivity contribution in [2.24, 2.45) is 0 Å². The Labute approximate surface area is 198 Å². The fraction of sp³-hybridized carbons (Fsp3) is 0.333. The molecule has 2 atom stereocenters. The van der Waals surface area contributed by atoms with E-state index in [0.717, 1.165) is 60.1 Å². The number of rotatable bonds is 7. The molecular formula is C27H28N2O5. The third-order valence-corrected chi connectivity index (χ3v) is 6.78. The van der Waals surface area contributed by atoms with Gasteiger partial charge in [0.05, 0.1) is 6.04 Å². The van der Waals surface area contributed by atoms with Gasteiger partial charge in [-0.1, -0.05) is 36.4 Å². The van der Waals surface area contributed by atoms with Crippen LogP contribution < -0.4 is 24.3 Å². The number of hydrogen-bond acceptors (Lipinski definition) is 7. The Balaban J connectivity index is 1.14. The Morgan fingerprint density at radius 1 is 0.824 bits per heavy atom. The van der Waals surface area contributed by atoms with Gasteiger partial charge in [-0.2, -0.15) is 0 Å². The average molecular weight is 461 g/mol. The molecule has 3 aromatic rings. The monoisotopic (exact) mass is 460 g/mol. The molecular weight excluding hydrogens is 432 g/mol. The summed E-state index contributed by atoms with van der Waals surface area (Å²) >= 11 is 0. The van der Waals surface area contributed by atoms with Crippen molar-refractivity contribution in [1.29, 1.82) is 0 Å². The highest BCUT2D eigenvalue weighted by Crippen LogP contribution is 2.34. The fourth-order valence-corrected chi connectivity index (χ4v) is 4.96. The van der Waals surface area contributed by atoms with Gasteiger partial charge in [0.25, 0.3) is 0 Å². The van der Waals surface area contributed by atoms with Gasteiger partial charge in [0.15, 0.2) is 23.0 Å². The SMILES string of the molecule is OC(NCCc1ccc2c(c1)OCO2)C1Cc2ccccc2CN1Cc1ccc2c(c1)OCO2. The molecule has 0 saturated carbocycles. The lowest BCUT2D eigenvalue weighted by atomic mass is 9.92. The molecule has 34 heavy (non-hydrogen) atoms. The van der Waals surface area contributed by atoms with Gasteiger partial charge in [-0.05, 0) is 59.4 Å². The predicted molar refractivity (Wildman–Crippen MR) is 126 cm³/mol. The Morgan fingerprint density at radius 2 is 1.47 bits per heavy atom. The zero-order valence-electron chi connectivity index (χ0n) is 18.9. The molecule has 3 aliphatic heterocycles. The average Bonchev–Trinajstić information content (AvgIpc) is 3.52. The highest BCUT2D eigenvalue weighted by molar-refractivity contribution is 5.45. The number of nitrogens with zero attached hydrogens (tertiary/aromatic N) is 1. The summed E-state index contributed by atoms with van der Waals surface area (Å²) in [5.41, 5.74) is 4.90. The maximum Gasteiger partial charge on any atom is 0.231 e. The Morgan fingerprint density at radius 3 is 2.24 bits per heavy atom. The summed E-state index contributed by atoms with van der Waals surface area (Å²) in [6.07, 6.45) is 0.925. The molecule has 0 bridgehead atoms. The highest BCUT2D eigenvalue weighted by atomic mass is 16.7. The Hall–Kier alpha value is -3.26. The molecule has 3 aromatic carbocycles. The van der Waals surface area contributed by atoms with Gasteiger partial charge in [0.1, 0.15) is 6.23 Å². The van der Waals surface area contributed by atoms with Crippen molar-refractivity contribution in [3.8, 4) is 23.0 Å². The number of nitrogens with one attached hydrogen (secondary N) is 1. The number of aliphatic hydroxyl groups excluding tert-OH is 1. The van der Waals surface area contributed by atoms with Crippen LogP contribution in [0.4, 0.5) is 0 Å². The lowest BCUT2D eigenvalue weighted by Gasteiger charge is -2.39. The van der Waals surface area contributed by atoms with Crippen molar-refractivity contribution in [3.05, 3.63) is 82.9 Å². The molecule has 176 valence electrons. The lowest BCUT2D eigenvalue weighted by molar-refractivity contribution is 0.0124. The standard InChI is InChI=1S/C27H28N2O5/c30-27(28-10-9-18-5-7-23-25(11-18)33-16-31-23)22-13-20-3-1-2-4-21(20)15-29(22)14-19-6-8-24-26(12-19)34-17-32-24/h1-8,11-12,22,27-28,30H,9-10,13-17H2. The maximum atomic E-state index is 11.2. The van der Waals surface area contributed by atoms with E-state index >= 15 is 0 Å². The van der Waals surface area contributed by atoms with Crippen molar-refractivity contribution in [3.63, 3.8) is 0 Å². The maximum absolute atomic E-state index is 11.2. The van der Waals surface area contributed by atoms with E-state index < -0.39 is 6.23 Å². The molecule has 2 unspecified atom stereocenters. The Bertz CT molecular complexity index is 1180. The highest BCUT2D eigenvalue weighted by Gasteiger charge is 2.31. The van der Waals surface area contributed by atoms with Gasteiger partial charge in [-0.25, -0.2) is 0 Å². The molecule has 0 amide bonds. The van der Waals surface area contributed by atoms with E-state index in [2.05, 4.69) is 40.5 Å². The normalized spacial score (nSPS) is 19.1.